The molecule has 4 aliphatic rings. The maximum atomic E-state index is 10.7. The Morgan fingerprint density at radius 2 is 1.83 bits per heavy atom. The van der Waals surface area contributed by atoms with Crippen LogP contribution in [0, 0.1) is 34.5 Å². The number of aliphatic hydroxyl groups is 1. The Kier molecular flexibility index (Phi) is 4.00. The third-order valence-electron chi connectivity index (χ3n) is 9.51. The Bertz CT molecular complexity index is 532. The molecule has 1 nitrogen and oxygen atoms in total. The first-order chi connectivity index (χ1) is 11.4. The van der Waals surface area contributed by atoms with Crippen LogP contribution in [-0.2, 0) is 0 Å². The summed E-state index contributed by atoms with van der Waals surface area (Å²) >= 11 is 0. The Morgan fingerprint density at radius 3 is 2.54 bits per heavy atom. The molecule has 1 heteroatoms. The lowest BCUT2D eigenvalue weighted by atomic mass is 9.43. The Hall–Kier alpha value is -0.300. The summed E-state index contributed by atoms with van der Waals surface area (Å²) in [5, 5.41) is 10.7. The van der Waals surface area contributed by atoms with Crippen molar-refractivity contribution < 1.29 is 5.11 Å². The standard InChI is InChI=1S/C23H38O/c1-5-16-8-10-19-18-9-7-17-15-21(3,24)13-14-23(17,6-2)20(18)11-12-22(16,19)4/h5,17-20,24H,6-15H2,1-4H3/t17-,18-,19-,20-,21+,22+,23-/m0/s1. The summed E-state index contributed by atoms with van der Waals surface area (Å²) in [5.74, 6) is 3.61. The van der Waals surface area contributed by atoms with Crippen LogP contribution in [0.1, 0.15) is 91.9 Å². The number of hydrogen-bond donors (Lipinski definition) is 1. The predicted molar refractivity (Wildman–Crippen MR) is 101 cm³/mol. The Balaban J connectivity index is 1.66. The van der Waals surface area contributed by atoms with Gasteiger partial charge in [-0.2, -0.15) is 0 Å². The minimum absolute atomic E-state index is 0.398. The van der Waals surface area contributed by atoms with Crippen LogP contribution in [0.15, 0.2) is 11.6 Å². The molecule has 0 saturated heterocycles. The van der Waals surface area contributed by atoms with Gasteiger partial charge in [-0.15, -0.1) is 0 Å². The van der Waals surface area contributed by atoms with Crippen molar-refractivity contribution in [2.24, 2.45) is 34.5 Å². The molecule has 4 rings (SSSR count). The Labute approximate surface area is 149 Å². The molecule has 136 valence electrons. The summed E-state index contributed by atoms with van der Waals surface area (Å²) in [6.07, 6.45) is 15.6. The van der Waals surface area contributed by atoms with Crippen LogP contribution >= 0.6 is 0 Å². The van der Waals surface area contributed by atoms with Gasteiger partial charge in [0.25, 0.3) is 0 Å². The van der Waals surface area contributed by atoms with E-state index in [2.05, 4.69) is 33.8 Å². The molecule has 4 aliphatic carbocycles. The first-order valence-electron chi connectivity index (χ1n) is 10.7. The van der Waals surface area contributed by atoms with Crippen LogP contribution in [-0.4, -0.2) is 10.7 Å². The second-order valence-electron chi connectivity index (χ2n) is 10.2. The monoisotopic (exact) mass is 330 g/mol. The van der Waals surface area contributed by atoms with E-state index in [9.17, 15) is 5.11 Å². The molecule has 4 saturated carbocycles. The van der Waals surface area contributed by atoms with Crippen LogP contribution in [0.3, 0.4) is 0 Å². The molecule has 0 aromatic carbocycles. The molecule has 0 aliphatic heterocycles. The average molecular weight is 331 g/mol. The van der Waals surface area contributed by atoms with Crippen LogP contribution < -0.4 is 0 Å². The highest BCUT2D eigenvalue weighted by Crippen LogP contribution is 2.68. The van der Waals surface area contributed by atoms with E-state index in [4.69, 9.17) is 0 Å². The van der Waals surface area contributed by atoms with Gasteiger partial charge >= 0.3 is 0 Å². The molecule has 0 aromatic rings. The summed E-state index contributed by atoms with van der Waals surface area (Å²) in [4.78, 5) is 0. The number of rotatable bonds is 1. The van der Waals surface area contributed by atoms with Gasteiger partial charge in [-0.05, 0) is 113 Å². The molecule has 0 bridgehead atoms. The molecular weight excluding hydrogens is 292 g/mol. The minimum Gasteiger partial charge on any atom is -0.390 e. The van der Waals surface area contributed by atoms with Crippen LogP contribution in [0.5, 0.6) is 0 Å². The zero-order chi connectivity index (χ0) is 17.2. The van der Waals surface area contributed by atoms with E-state index in [0.29, 0.717) is 10.8 Å². The van der Waals surface area contributed by atoms with E-state index in [1.807, 2.05) is 0 Å². The van der Waals surface area contributed by atoms with E-state index in [1.165, 1.54) is 51.4 Å². The van der Waals surface area contributed by atoms with Crippen LogP contribution in [0.25, 0.3) is 0 Å². The van der Waals surface area contributed by atoms with Crippen molar-refractivity contribution in [3.8, 4) is 0 Å². The second-order valence-corrected chi connectivity index (χ2v) is 10.2. The lowest BCUT2D eigenvalue weighted by Crippen LogP contribution is -2.56. The van der Waals surface area contributed by atoms with Gasteiger partial charge in [0.2, 0.25) is 0 Å². The van der Waals surface area contributed by atoms with Gasteiger partial charge in [0.05, 0.1) is 5.60 Å². The number of allylic oxidation sites excluding steroid dienone is 2. The normalized spacial score (nSPS) is 55.8. The van der Waals surface area contributed by atoms with E-state index in [-0.39, 0.29) is 0 Å². The molecule has 7 atom stereocenters. The molecule has 24 heavy (non-hydrogen) atoms. The molecule has 0 radical (unpaired) electrons. The number of hydrogen-bond acceptors (Lipinski definition) is 1. The van der Waals surface area contributed by atoms with Crippen molar-refractivity contribution in [3.05, 3.63) is 11.6 Å². The van der Waals surface area contributed by atoms with Crippen molar-refractivity contribution in [1.29, 1.82) is 0 Å². The predicted octanol–water partition coefficient (Wildman–Crippen LogP) is 6.12. The zero-order valence-electron chi connectivity index (χ0n) is 16.4. The molecule has 4 fully saturated rings. The lowest BCUT2D eigenvalue weighted by molar-refractivity contribution is -0.149. The summed E-state index contributed by atoms with van der Waals surface area (Å²) < 4.78 is 0. The highest BCUT2D eigenvalue weighted by molar-refractivity contribution is 5.23. The van der Waals surface area contributed by atoms with Gasteiger partial charge in [-0.1, -0.05) is 25.5 Å². The van der Waals surface area contributed by atoms with Crippen LogP contribution in [0.4, 0.5) is 0 Å². The zero-order valence-corrected chi connectivity index (χ0v) is 16.4. The molecule has 0 aromatic heterocycles. The van der Waals surface area contributed by atoms with E-state index in [1.54, 1.807) is 5.57 Å². The largest absolute Gasteiger partial charge is 0.390 e. The average Bonchev–Trinajstić information content (AvgIpc) is 2.90. The quantitative estimate of drug-likeness (QED) is 0.574. The van der Waals surface area contributed by atoms with Crippen molar-refractivity contribution in [2.75, 3.05) is 0 Å². The van der Waals surface area contributed by atoms with Crippen molar-refractivity contribution in [1.82, 2.24) is 0 Å². The van der Waals surface area contributed by atoms with Gasteiger partial charge in [0, 0.05) is 0 Å². The third-order valence-corrected chi connectivity index (χ3v) is 9.51. The van der Waals surface area contributed by atoms with Crippen molar-refractivity contribution in [2.45, 2.75) is 97.5 Å². The first kappa shape index (κ1) is 17.1. The highest BCUT2D eigenvalue weighted by atomic mass is 16.3. The molecule has 1 N–H and O–H groups in total. The maximum Gasteiger partial charge on any atom is 0.0622 e. The fourth-order valence-electron chi connectivity index (χ4n) is 8.27. The highest BCUT2D eigenvalue weighted by Gasteiger charge is 2.60. The van der Waals surface area contributed by atoms with E-state index in [0.717, 1.165) is 36.5 Å². The molecule has 0 unspecified atom stereocenters. The van der Waals surface area contributed by atoms with Crippen LogP contribution in [0.2, 0.25) is 0 Å². The fourth-order valence-corrected chi connectivity index (χ4v) is 8.27. The first-order valence-corrected chi connectivity index (χ1v) is 10.7. The molecular formula is C23H38O. The third kappa shape index (κ3) is 2.22. The van der Waals surface area contributed by atoms with Gasteiger partial charge in [0.15, 0.2) is 0 Å². The minimum atomic E-state index is -0.398. The van der Waals surface area contributed by atoms with Crippen molar-refractivity contribution >= 4 is 0 Å². The maximum absolute atomic E-state index is 10.7. The van der Waals surface area contributed by atoms with Gasteiger partial charge in [0.1, 0.15) is 0 Å². The summed E-state index contributed by atoms with van der Waals surface area (Å²) in [6.45, 7) is 9.40. The Morgan fingerprint density at radius 1 is 1.04 bits per heavy atom. The van der Waals surface area contributed by atoms with E-state index >= 15 is 0 Å². The fraction of sp³-hybridized carbons (Fsp3) is 0.913. The SMILES string of the molecule is CC=C1CC[C@H]2[C@@H]3CC[C@H]4C[C@](C)(O)CC[C@]4(CC)[C@H]3CC[C@]12C. The smallest absolute Gasteiger partial charge is 0.0622 e. The summed E-state index contributed by atoms with van der Waals surface area (Å²) in [6, 6.07) is 0. The van der Waals surface area contributed by atoms with Gasteiger partial charge < -0.3 is 5.11 Å². The molecule has 0 amide bonds. The topological polar surface area (TPSA) is 20.2 Å². The lowest BCUT2D eigenvalue weighted by Gasteiger charge is -2.62. The van der Waals surface area contributed by atoms with Gasteiger partial charge in [-0.3, -0.25) is 0 Å². The van der Waals surface area contributed by atoms with Crippen molar-refractivity contribution in [3.63, 3.8) is 0 Å². The van der Waals surface area contributed by atoms with E-state index < -0.39 is 5.60 Å². The second kappa shape index (κ2) is 5.60. The number of fused-ring (bicyclic) bond motifs is 5. The van der Waals surface area contributed by atoms with Gasteiger partial charge in [-0.25, -0.2) is 0 Å². The molecule has 0 spiro atoms. The molecule has 0 heterocycles. The summed E-state index contributed by atoms with van der Waals surface area (Å²) in [7, 11) is 0. The summed E-state index contributed by atoms with van der Waals surface area (Å²) in [5.41, 5.74) is 2.43.